The average Bonchev–Trinajstić information content (AvgIpc) is 3.20. The fourth-order valence-electron chi connectivity index (χ4n) is 4.69. The summed E-state index contributed by atoms with van der Waals surface area (Å²) in [6.07, 6.45) is 0.916. The fourth-order valence-corrected chi connectivity index (χ4v) is 4.69. The van der Waals surface area contributed by atoms with Crippen LogP contribution in [-0.2, 0) is 19.7 Å². The Bertz CT molecular complexity index is 895. The Balaban J connectivity index is 1.67. The molecule has 0 radical (unpaired) electrons. The summed E-state index contributed by atoms with van der Waals surface area (Å²) in [5.41, 5.74) is 0.678. The molecule has 1 N–H and O–H groups in total. The van der Waals surface area contributed by atoms with Crippen LogP contribution in [-0.4, -0.2) is 48.2 Å². The highest BCUT2D eigenvalue weighted by Gasteiger charge is 2.49. The van der Waals surface area contributed by atoms with E-state index in [0.717, 1.165) is 5.56 Å². The molecule has 152 valence electrons. The number of rotatable bonds is 4. The van der Waals surface area contributed by atoms with Crippen molar-refractivity contribution in [3.63, 3.8) is 0 Å². The van der Waals surface area contributed by atoms with Crippen LogP contribution >= 0.6 is 0 Å². The standard InChI is InChI=1S/C23H24FNO4/c24-18-8-4-7-17(13-18)23(9-11-29-12-10-23)22(28)25-14-19(20(15-25)21(26)27)16-5-2-1-3-6-16/h1-8,13,19-20H,9-12,14-15H2,(H,26,27)/t19-,20-/m1/s1. The first kappa shape index (κ1) is 19.6. The zero-order chi connectivity index (χ0) is 20.4. The lowest BCUT2D eigenvalue weighted by atomic mass is 9.73. The van der Waals surface area contributed by atoms with E-state index in [-0.39, 0.29) is 24.2 Å². The van der Waals surface area contributed by atoms with Crippen LogP contribution in [0, 0.1) is 11.7 Å². The number of hydrogen-bond acceptors (Lipinski definition) is 3. The summed E-state index contributed by atoms with van der Waals surface area (Å²) in [7, 11) is 0. The molecular formula is C23H24FNO4. The van der Waals surface area contributed by atoms with Gasteiger partial charge in [0.05, 0.1) is 11.3 Å². The van der Waals surface area contributed by atoms with Crippen molar-refractivity contribution in [3.8, 4) is 0 Å². The summed E-state index contributed by atoms with van der Waals surface area (Å²) in [4.78, 5) is 27.3. The fraction of sp³-hybridized carbons (Fsp3) is 0.391. The van der Waals surface area contributed by atoms with Crippen molar-refractivity contribution in [1.29, 1.82) is 0 Å². The van der Waals surface area contributed by atoms with E-state index in [1.165, 1.54) is 12.1 Å². The topological polar surface area (TPSA) is 66.8 Å². The van der Waals surface area contributed by atoms with Crippen molar-refractivity contribution in [1.82, 2.24) is 4.90 Å². The summed E-state index contributed by atoms with van der Waals surface area (Å²) in [6, 6.07) is 15.6. The monoisotopic (exact) mass is 397 g/mol. The Morgan fingerprint density at radius 2 is 1.76 bits per heavy atom. The Kier molecular flexibility index (Phi) is 5.37. The minimum absolute atomic E-state index is 0.129. The zero-order valence-corrected chi connectivity index (χ0v) is 16.1. The van der Waals surface area contributed by atoms with Gasteiger partial charge in [0, 0.05) is 32.2 Å². The Labute approximate surface area is 169 Å². The normalized spacial score (nSPS) is 23.7. The number of carboxylic acids is 1. The summed E-state index contributed by atoms with van der Waals surface area (Å²) in [5, 5.41) is 9.76. The first-order valence-electron chi connectivity index (χ1n) is 9.92. The van der Waals surface area contributed by atoms with Crippen LogP contribution in [0.1, 0.15) is 29.9 Å². The highest BCUT2D eigenvalue weighted by molar-refractivity contribution is 5.89. The van der Waals surface area contributed by atoms with E-state index in [4.69, 9.17) is 4.74 Å². The second-order valence-corrected chi connectivity index (χ2v) is 7.88. The van der Waals surface area contributed by atoms with Gasteiger partial charge in [-0.2, -0.15) is 0 Å². The third-order valence-electron chi connectivity index (χ3n) is 6.28. The van der Waals surface area contributed by atoms with Gasteiger partial charge < -0.3 is 14.7 Å². The second-order valence-electron chi connectivity index (χ2n) is 7.88. The molecule has 6 heteroatoms. The molecular weight excluding hydrogens is 373 g/mol. The summed E-state index contributed by atoms with van der Waals surface area (Å²) in [5.74, 6) is -2.34. The molecule has 0 saturated carbocycles. The van der Waals surface area contributed by atoms with Gasteiger partial charge in [0.1, 0.15) is 5.82 Å². The van der Waals surface area contributed by atoms with Crippen molar-refractivity contribution in [2.24, 2.45) is 5.92 Å². The molecule has 2 atom stereocenters. The molecule has 2 fully saturated rings. The third kappa shape index (κ3) is 3.65. The van der Waals surface area contributed by atoms with Crippen LogP contribution in [0.15, 0.2) is 54.6 Å². The number of benzene rings is 2. The van der Waals surface area contributed by atoms with Crippen molar-refractivity contribution >= 4 is 11.9 Å². The van der Waals surface area contributed by atoms with E-state index in [2.05, 4.69) is 0 Å². The van der Waals surface area contributed by atoms with Gasteiger partial charge in [-0.25, -0.2) is 4.39 Å². The van der Waals surface area contributed by atoms with Crippen LogP contribution < -0.4 is 0 Å². The van der Waals surface area contributed by atoms with Gasteiger partial charge in [-0.3, -0.25) is 9.59 Å². The zero-order valence-electron chi connectivity index (χ0n) is 16.1. The number of halogens is 1. The largest absolute Gasteiger partial charge is 0.481 e. The van der Waals surface area contributed by atoms with Gasteiger partial charge in [0.2, 0.25) is 5.91 Å². The number of ether oxygens (including phenoxy) is 1. The van der Waals surface area contributed by atoms with E-state index < -0.39 is 17.3 Å². The molecule has 0 unspecified atom stereocenters. The maximum Gasteiger partial charge on any atom is 0.308 e. The van der Waals surface area contributed by atoms with Crippen molar-refractivity contribution in [2.75, 3.05) is 26.3 Å². The highest BCUT2D eigenvalue weighted by Crippen LogP contribution is 2.41. The molecule has 0 aliphatic carbocycles. The van der Waals surface area contributed by atoms with Crippen LogP contribution in [0.4, 0.5) is 4.39 Å². The number of likely N-dealkylation sites (tertiary alicyclic amines) is 1. The number of carboxylic acid groups (broad SMARTS) is 1. The van der Waals surface area contributed by atoms with Gasteiger partial charge >= 0.3 is 5.97 Å². The number of carbonyl (C=O) groups is 2. The minimum Gasteiger partial charge on any atom is -0.481 e. The quantitative estimate of drug-likeness (QED) is 0.860. The third-order valence-corrected chi connectivity index (χ3v) is 6.28. The first-order valence-corrected chi connectivity index (χ1v) is 9.92. The molecule has 0 aromatic heterocycles. The number of amides is 1. The van der Waals surface area contributed by atoms with E-state index in [1.54, 1.807) is 17.0 Å². The molecule has 29 heavy (non-hydrogen) atoms. The highest BCUT2D eigenvalue weighted by atomic mass is 19.1. The molecule has 0 bridgehead atoms. The first-order chi connectivity index (χ1) is 14.0. The van der Waals surface area contributed by atoms with Gasteiger partial charge in [-0.15, -0.1) is 0 Å². The summed E-state index contributed by atoms with van der Waals surface area (Å²) >= 11 is 0. The molecule has 2 aliphatic rings. The predicted octanol–water partition coefficient (Wildman–Crippen LogP) is 3.20. The molecule has 2 aliphatic heterocycles. The van der Waals surface area contributed by atoms with E-state index in [0.29, 0.717) is 38.2 Å². The average molecular weight is 397 g/mol. The second kappa shape index (κ2) is 7.95. The van der Waals surface area contributed by atoms with Gasteiger partial charge in [-0.05, 0) is 36.1 Å². The van der Waals surface area contributed by atoms with Gasteiger partial charge in [0.15, 0.2) is 0 Å². The lowest BCUT2D eigenvalue weighted by molar-refractivity contribution is -0.143. The number of nitrogens with zero attached hydrogens (tertiary/aromatic N) is 1. The molecule has 2 aromatic rings. The number of aliphatic carboxylic acids is 1. The van der Waals surface area contributed by atoms with Crippen LogP contribution in [0.5, 0.6) is 0 Å². The number of hydrogen-bond donors (Lipinski definition) is 1. The minimum atomic E-state index is -0.902. The Morgan fingerprint density at radius 1 is 1.03 bits per heavy atom. The molecule has 4 rings (SSSR count). The molecule has 2 saturated heterocycles. The summed E-state index contributed by atoms with van der Waals surface area (Å²) < 4.78 is 19.4. The molecule has 1 amide bonds. The summed E-state index contributed by atoms with van der Waals surface area (Å²) in [6.45, 7) is 1.34. The molecule has 2 heterocycles. The van der Waals surface area contributed by atoms with E-state index >= 15 is 0 Å². The van der Waals surface area contributed by atoms with Gasteiger partial charge in [0.25, 0.3) is 0 Å². The molecule has 2 aromatic carbocycles. The Morgan fingerprint density at radius 3 is 2.41 bits per heavy atom. The van der Waals surface area contributed by atoms with Crippen molar-refractivity contribution in [3.05, 3.63) is 71.5 Å². The lowest BCUT2D eigenvalue weighted by Gasteiger charge is -2.39. The maximum absolute atomic E-state index is 14.0. The van der Waals surface area contributed by atoms with Gasteiger partial charge in [-0.1, -0.05) is 42.5 Å². The smallest absolute Gasteiger partial charge is 0.308 e. The van der Waals surface area contributed by atoms with Crippen LogP contribution in [0.2, 0.25) is 0 Å². The SMILES string of the molecule is O=C(O)[C@@H]1CN(C(=O)C2(c3cccc(F)c3)CCOCC2)C[C@@H]1c1ccccc1. The van der Waals surface area contributed by atoms with Crippen LogP contribution in [0.3, 0.4) is 0 Å². The van der Waals surface area contributed by atoms with Crippen LogP contribution in [0.25, 0.3) is 0 Å². The number of carbonyl (C=O) groups excluding carboxylic acids is 1. The lowest BCUT2D eigenvalue weighted by Crippen LogP contribution is -2.49. The molecule has 0 spiro atoms. The molecule has 5 nitrogen and oxygen atoms in total. The van der Waals surface area contributed by atoms with E-state index in [1.807, 2.05) is 30.3 Å². The predicted molar refractivity (Wildman–Crippen MR) is 105 cm³/mol. The maximum atomic E-state index is 14.0. The Hall–Kier alpha value is -2.73. The van der Waals surface area contributed by atoms with E-state index in [9.17, 15) is 19.1 Å². The van der Waals surface area contributed by atoms with Crippen molar-refractivity contribution < 1.29 is 23.8 Å². The van der Waals surface area contributed by atoms with Crippen molar-refractivity contribution in [2.45, 2.75) is 24.2 Å².